The van der Waals surface area contributed by atoms with Crippen molar-refractivity contribution in [1.82, 2.24) is 9.13 Å². The number of hydrogen-bond donors (Lipinski definition) is 0. The van der Waals surface area contributed by atoms with Gasteiger partial charge in [0.05, 0.1) is 51.6 Å². The summed E-state index contributed by atoms with van der Waals surface area (Å²) in [4.78, 5) is 9.15. The third-order valence-corrected chi connectivity index (χ3v) is 21.3. The smallest absolute Gasteiger partial charge is 0.252 e. The van der Waals surface area contributed by atoms with Crippen LogP contribution >= 0.6 is 0 Å². The zero-order chi connectivity index (χ0) is 69.0. The van der Waals surface area contributed by atoms with E-state index in [1.54, 1.807) is 0 Å². The normalized spacial score (nSPS) is 12.3. The van der Waals surface area contributed by atoms with Crippen molar-refractivity contribution in [2.24, 2.45) is 0 Å². The average molecular weight is 1310 g/mol. The van der Waals surface area contributed by atoms with Crippen LogP contribution in [0.1, 0.15) is 31.9 Å². The Bertz CT molecular complexity index is 5750. The zero-order valence-electron chi connectivity index (χ0n) is 57.1. The zero-order valence-corrected chi connectivity index (χ0v) is 57.1. The van der Waals surface area contributed by atoms with Crippen LogP contribution in [0.3, 0.4) is 0 Å². The number of rotatable bonds is 10. The molecule has 2 aliphatic rings. The molecule has 0 N–H and O–H groups in total. The second-order valence-electron chi connectivity index (χ2n) is 28.2. The Kier molecular flexibility index (Phi) is 14.2. The van der Waals surface area contributed by atoms with E-state index in [0.29, 0.717) is 11.3 Å². The van der Waals surface area contributed by atoms with Crippen LogP contribution in [0.2, 0.25) is 0 Å². The van der Waals surface area contributed by atoms with Crippen LogP contribution in [0.5, 0.6) is 0 Å². The van der Waals surface area contributed by atoms with Gasteiger partial charge in [0.15, 0.2) is 5.69 Å². The highest BCUT2D eigenvalue weighted by Gasteiger charge is 2.46. The molecule has 2 aromatic heterocycles. The molecule has 0 aliphatic carbocycles. The lowest BCUT2D eigenvalue weighted by Gasteiger charge is -2.46. The first kappa shape index (κ1) is 60.7. The Morgan fingerprint density at radius 2 is 0.660 bits per heavy atom. The first-order chi connectivity index (χ1) is 50.6. The minimum absolute atomic E-state index is 0.297. The molecule has 6 nitrogen and oxygen atoms in total. The van der Waals surface area contributed by atoms with Gasteiger partial charge in [-0.3, -0.25) is 0 Å². The molecular formula is C96H65BN6. The quantitative estimate of drug-likeness (QED) is 0.101. The molecule has 103 heavy (non-hydrogen) atoms. The van der Waals surface area contributed by atoms with Crippen LogP contribution < -0.4 is 26.2 Å². The summed E-state index contributed by atoms with van der Waals surface area (Å²) in [6.45, 7) is 14.7. The summed E-state index contributed by atoms with van der Waals surface area (Å²) in [7, 11) is 0. The second kappa shape index (κ2) is 24.2. The first-order valence-corrected chi connectivity index (χ1v) is 35.3. The maximum Gasteiger partial charge on any atom is 0.252 e. The number of fused-ring (bicyclic) bond motifs is 10. The number of nitriles is 1. The number of para-hydroxylation sites is 4. The van der Waals surface area contributed by atoms with Gasteiger partial charge in [0.25, 0.3) is 6.71 Å². The molecule has 0 radical (unpaired) electrons. The van der Waals surface area contributed by atoms with Crippen LogP contribution in [-0.4, -0.2) is 15.8 Å². The van der Waals surface area contributed by atoms with Crippen molar-refractivity contribution in [2.75, 3.05) is 9.80 Å². The van der Waals surface area contributed by atoms with E-state index in [-0.39, 0.29) is 12.1 Å². The molecule has 4 heterocycles. The highest BCUT2D eigenvalue weighted by atomic mass is 15.2. The van der Waals surface area contributed by atoms with E-state index in [9.17, 15) is 5.26 Å². The lowest BCUT2D eigenvalue weighted by molar-refractivity contribution is 0.590. The van der Waals surface area contributed by atoms with Gasteiger partial charge in [0.2, 0.25) is 0 Å². The van der Waals surface area contributed by atoms with Crippen LogP contribution in [0.4, 0.5) is 39.8 Å². The minimum Gasteiger partial charge on any atom is -0.310 e. The van der Waals surface area contributed by atoms with Gasteiger partial charge in [-0.1, -0.05) is 263 Å². The summed E-state index contributed by atoms with van der Waals surface area (Å²) in [6, 6.07) is 127. The summed E-state index contributed by atoms with van der Waals surface area (Å²) in [5, 5.41) is 14.9. The second-order valence-corrected chi connectivity index (χ2v) is 28.2. The summed E-state index contributed by atoms with van der Waals surface area (Å²) in [6.07, 6.45) is 0. The molecule has 7 heteroatoms. The van der Waals surface area contributed by atoms with Crippen molar-refractivity contribution in [2.45, 2.75) is 26.2 Å². The van der Waals surface area contributed by atoms with Crippen LogP contribution in [0, 0.1) is 17.9 Å². The van der Waals surface area contributed by atoms with Crippen molar-refractivity contribution in [3.05, 3.63) is 362 Å². The van der Waals surface area contributed by atoms with Crippen molar-refractivity contribution in [3.63, 3.8) is 0 Å². The molecule has 0 amide bonds. The van der Waals surface area contributed by atoms with E-state index < -0.39 is 0 Å². The van der Waals surface area contributed by atoms with Crippen LogP contribution in [-0.2, 0) is 5.41 Å². The van der Waals surface area contributed by atoms with E-state index in [2.05, 4.69) is 366 Å². The Hall–Kier alpha value is -13.5. The largest absolute Gasteiger partial charge is 0.310 e. The molecule has 482 valence electrons. The highest BCUT2D eigenvalue weighted by Crippen LogP contribution is 2.56. The van der Waals surface area contributed by atoms with E-state index in [4.69, 9.17) is 6.57 Å². The van der Waals surface area contributed by atoms with Gasteiger partial charge >= 0.3 is 0 Å². The third-order valence-electron chi connectivity index (χ3n) is 21.3. The monoisotopic (exact) mass is 1310 g/mol. The van der Waals surface area contributed by atoms with Crippen molar-refractivity contribution in [3.8, 4) is 84.2 Å². The van der Waals surface area contributed by atoms with Gasteiger partial charge in [-0.25, -0.2) is 4.85 Å². The van der Waals surface area contributed by atoms with Crippen molar-refractivity contribution in [1.29, 1.82) is 5.26 Å². The molecule has 0 bridgehead atoms. The summed E-state index contributed by atoms with van der Waals surface area (Å²) in [5.41, 5.74) is 31.3. The van der Waals surface area contributed by atoms with Gasteiger partial charge in [-0.15, -0.1) is 0 Å². The molecular weight excluding hydrogens is 1250 g/mol. The van der Waals surface area contributed by atoms with E-state index in [1.807, 2.05) is 24.3 Å². The predicted molar refractivity (Wildman–Crippen MR) is 431 cm³/mol. The highest BCUT2D eigenvalue weighted by molar-refractivity contribution is 7.00. The van der Waals surface area contributed by atoms with Crippen molar-refractivity contribution < 1.29 is 0 Å². The van der Waals surface area contributed by atoms with Gasteiger partial charge in [-0.05, 0) is 169 Å². The Balaban J connectivity index is 0.995. The molecule has 0 unspecified atom stereocenters. The fraction of sp³-hybridized carbons (Fsp3) is 0.0417. The lowest BCUT2D eigenvalue weighted by Crippen LogP contribution is -2.61. The number of hydrogen-bond acceptors (Lipinski definition) is 3. The van der Waals surface area contributed by atoms with E-state index >= 15 is 0 Å². The molecule has 15 aromatic carbocycles. The molecule has 0 spiro atoms. The molecule has 19 rings (SSSR count). The Labute approximate surface area is 599 Å². The summed E-state index contributed by atoms with van der Waals surface area (Å²) in [5.74, 6) is 0. The van der Waals surface area contributed by atoms with Gasteiger partial charge in [-0.2, -0.15) is 5.26 Å². The number of aromatic nitrogens is 2. The maximum absolute atomic E-state index is 10.1. The standard InChI is InChI=1S/C96H65BN6/c1-96(2,3)71-57-91-93-92(58-71)103(95-81(67-29-13-7-14-30-67)55-70(64-45-47-72(99-4)48-46-64)56-82(95)68-31-15-8-16-32-68)90-60-74(101-87-39-23-19-35-77(87)78-36-20-24-40-88(78)101)50-52-84(90)97(93)83-51-49-73(100-85-37-21-17-33-75(85)76-34-18-22-38-86(76)100)59-89(83)102(91)94-79(65-25-9-5-10-26-65)53-69(63-43-41-62(61-98)42-44-63)54-80(94)66-27-11-6-12-28-66/h5-60H,1-3H3. The van der Waals surface area contributed by atoms with Gasteiger partial charge in [0.1, 0.15) is 0 Å². The molecule has 0 fully saturated rings. The predicted octanol–water partition coefficient (Wildman–Crippen LogP) is 23.7. The Morgan fingerprint density at radius 3 is 0.990 bits per heavy atom. The average Bonchev–Trinajstić information content (AvgIpc) is 0.821. The molecule has 0 saturated heterocycles. The first-order valence-electron chi connectivity index (χ1n) is 35.3. The summed E-state index contributed by atoms with van der Waals surface area (Å²) >= 11 is 0. The van der Waals surface area contributed by atoms with E-state index in [0.717, 1.165) is 134 Å². The molecule has 17 aromatic rings. The fourth-order valence-corrected chi connectivity index (χ4v) is 16.5. The van der Waals surface area contributed by atoms with E-state index in [1.165, 1.54) is 43.5 Å². The number of nitrogens with zero attached hydrogens (tertiary/aromatic N) is 6. The number of benzene rings is 15. The lowest BCUT2D eigenvalue weighted by atomic mass is 9.33. The fourth-order valence-electron chi connectivity index (χ4n) is 16.5. The third kappa shape index (κ3) is 9.92. The maximum atomic E-state index is 10.1. The topological polar surface area (TPSA) is 44.5 Å². The Morgan fingerprint density at radius 1 is 0.330 bits per heavy atom. The van der Waals surface area contributed by atoms with Crippen molar-refractivity contribution >= 4 is 107 Å². The molecule has 0 atom stereocenters. The summed E-state index contributed by atoms with van der Waals surface area (Å²) < 4.78 is 4.93. The molecule has 2 aliphatic heterocycles. The van der Waals surface area contributed by atoms with Crippen LogP contribution in [0.25, 0.3) is 127 Å². The SMILES string of the molecule is [C-]#[N+]c1ccc(-c2cc(-c3ccccc3)c(N3c4cc(-n5c6ccccc6c6ccccc65)ccc4B4c5ccc(-n6c7ccccc7c7ccccc76)cc5N(c5c(-c6ccccc6)cc(-c6ccc(C#N)cc6)cc5-c5ccccc5)c5cc(C(C)(C)C)cc3c54)c(-c3ccccc3)c2)cc1. The van der Waals surface area contributed by atoms with Gasteiger partial charge < -0.3 is 18.9 Å². The van der Waals surface area contributed by atoms with Gasteiger partial charge in [0, 0.05) is 77.9 Å². The minimum atomic E-state index is -0.385. The molecule has 0 saturated carbocycles. The number of anilines is 6. The van der Waals surface area contributed by atoms with Crippen LogP contribution in [0.15, 0.2) is 340 Å².